The molecule has 1 amide bonds. The molecule has 0 aromatic carbocycles. The van der Waals surface area contributed by atoms with E-state index in [1.807, 2.05) is 0 Å². The van der Waals surface area contributed by atoms with Gasteiger partial charge in [-0.3, -0.25) is 4.79 Å². The number of rotatable bonds is 2. The van der Waals surface area contributed by atoms with E-state index in [0.29, 0.717) is 0 Å². The van der Waals surface area contributed by atoms with Gasteiger partial charge in [-0.1, -0.05) is 6.92 Å². The Kier molecular flexibility index (Phi) is 3.42. The van der Waals surface area contributed by atoms with Crippen LogP contribution in [0.5, 0.6) is 0 Å². The van der Waals surface area contributed by atoms with E-state index in [9.17, 15) is 9.59 Å². The normalized spacial score (nSPS) is 12.2. The molecule has 58 valence electrons. The summed E-state index contributed by atoms with van der Waals surface area (Å²) in [5, 5.41) is 0. The van der Waals surface area contributed by atoms with Crippen LogP contribution in [0.2, 0.25) is 0 Å². The van der Waals surface area contributed by atoms with Crippen LogP contribution in [-0.4, -0.2) is 18.6 Å². The quantitative estimate of drug-likeness (QED) is 0.394. The average molecular weight is 146 g/mol. The van der Waals surface area contributed by atoms with Gasteiger partial charge < -0.3 is 16.2 Å². The van der Waals surface area contributed by atoms with Gasteiger partial charge in [-0.25, -0.2) is 4.79 Å². The van der Waals surface area contributed by atoms with Gasteiger partial charge in [0.15, 0.2) is 0 Å². The van der Waals surface area contributed by atoms with E-state index >= 15 is 0 Å². The molecule has 1 atom stereocenters. The summed E-state index contributed by atoms with van der Waals surface area (Å²) in [6, 6.07) is 0. The van der Waals surface area contributed by atoms with Crippen LogP contribution in [0.3, 0.4) is 0 Å². The molecule has 0 heterocycles. The van der Waals surface area contributed by atoms with Gasteiger partial charge in [-0.05, 0) is 0 Å². The molecule has 10 heavy (non-hydrogen) atoms. The van der Waals surface area contributed by atoms with Gasteiger partial charge in [0.2, 0.25) is 0 Å². The third kappa shape index (κ3) is 3.03. The summed E-state index contributed by atoms with van der Waals surface area (Å²) in [6.07, 6.45) is -1.09. The highest BCUT2D eigenvalue weighted by Crippen LogP contribution is 1.94. The molecule has 0 rings (SSSR count). The fourth-order valence-corrected chi connectivity index (χ4v) is 0.296. The first-order valence-corrected chi connectivity index (χ1v) is 2.79. The zero-order valence-electron chi connectivity index (χ0n) is 5.66. The number of hydrogen-bond donors (Lipinski definition) is 2. The van der Waals surface area contributed by atoms with Crippen molar-refractivity contribution >= 4 is 12.1 Å². The molecule has 0 radical (unpaired) electrons. The van der Waals surface area contributed by atoms with Crippen molar-refractivity contribution in [3.63, 3.8) is 0 Å². The number of primary amides is 1. The summed E-state index contributed by atoms with van der Waals surface area (Å²) in [4.78, 5) is 20.5. The summed E-state index contributed by atoms with van der Waals surface area (Å²) >= 11 is 0. The molecule has 5 nitrogen and oxygen atoms in total. The van der Waals surface area contributed by atoms with Crippen LogP contribution < -0.4 is 11.5 Å². The Bertz CT molecular complexity index is 146. The summed E-state index contributed by atoms with van der Waals surface area (Å²) in [5.74, 6) is -1.16. The minimum Gasteiger partial charge on any atom is -0.376 e. The van der Waals surface area contributed by atoms with E-state index in [1.54, 1.807) is 6.92 Å². The SMILES string of the molecule is CC(CN)C(=O)OC(N)=O. The first-order valence-electron chi connectivity index (χ1n) is 2.79. The van der Waals surface area contributed by atoms with Gasteiger partial charge in [0.05, 0.1) is 5.92 Å². The standard InChI is InChI=1S/C5H10N2O3/c1-3(2-6)4(8)10-5(7)9/h3H,2,6H2,1H3,(H2,7,9). The lowest BCUT2D eigenvalue weighted by molar-refractivity contribution is -0.140. The van der Waals surface area contributed by atoms with Crippen molar-refractivity contribution < 1.29 is 14.3 Å². The molecule has 0 aliphatic heterocycles. The minimum absolute atomic E-state index is 0.145. The molecule has 0 aliphatic rings. The largest absolute Gasteiger partial charge is 0.412 e. The monoisotopic (exact) mass is 146 g/mol. The molecule has 5 heteroatoms. The van der Waals surface area contributed by atoms with Crippen molar-refractivity contribution in [1.82, 2.24) is 0 Å². The lowest BCUT2D eigenvalue weighted by Crippen LogP contribution is -2.27. The number of nitrogens with two attached hydrogens (primary N) is 2. The number of carbonyl (C=O) groups is 2. The molecule has 0 aromatic heterocycles. The maximum atomic E-state index is 10.6. The van der Waals surface area contributed by atoms with Gasteiger partial charge >= 0.3 is 12.1 Å². The summed E-state index contributed by atoms with van der Waals surface area (Å²) in [5.41, 5.74) is 9.66. The highest BCUT2D eigenvalue weighted by Gasteiger charge is 2.14. The minimum atomic E-state index is -1.09. The third-order valence-corrected chi connectivity index (χ3v) is 0.957. The molecule has 0 saturated carbocycles. The first kappa shape index (κ1) is 8.90. The second-order valence-corrected chi connectivity index (χ2v) is 1.88. The molecule has 0 saturated heterocycles. The second kappa shape index (κ2) is 3.84. The maximum Gasteiger partial charge on any atom is 0.412 e. The number of amides is 1. The van der Waals surface area contributed by atoms with Gasteiger partial charge in [-0.2, -0.15) is 0 Å². The average Bonchev–Trinajstić information content (AvgIpc) is 1.85. The summed E-state index contributed by atoms with van der Waals surface area (Å²) < 4.78 is 4.02. The van der Waals surface area contributed by atoms with Crippen molar-refractivity contribution in [3.8, 4) is 0 Å². The fourth-order valence-electron chi connectivity index (χ4n) is 0.296. The highest BCUT2D eigenvalue weighted by atomic mass is 16.6. The van der Waals surface area contributed by atoms with Crippen LogP contribution in [0.1, 0.15) is 6.92 Å². The zero-order valence-corrected chi connectivity index (χ0v) is 5.66. The van der Waals surface area contributed by atoms with E-state index in [-0.39, 0.29) is 6.54 Å². The summed E-state index contributed by atoms with van der Waals surface area (Å²) in [6.45, 7) is 1.69. The first-order chi connectivity index (χ1) is 4.57. The predicted octanol–water partition coefficient (Wildman–Crippen LogP) is -0.797. The molecule has 0 bridgehead atoms. The molecule has 0 aliphatic carbocycles. The molecular weight excluding hydrogens is 136 g/mol. The fraction of sp³-hybridized carbons (Fsp3) is 0.600. The van der Waals surface area contributed by atoms with Crippen LogP contribution in [0.25, 0.3) is 0 Å². The van der Waals surface area contributed by atoms with Crippen LogP contribution >= 0.6 is 0 Å². The Morgan fingerprint density at radius 1 is 1.60 bits per heavy atom. The van der Waals surface area contributed by atoms with E-state index < -0.39 is 18.0 Å². The van der Waals surface area contributed by atoms with Crippen LogP contribution in [0.4, 0.5) is 4.79 Å². The molecule has 4 N–H and O–H groups in total. The predicted molar refractivity (Wildman–Crippen MR) is 33.9 cm³/mol. The van der Waals surface area contributed by atoms with Crippen molar-refractivity contribution in [2.75, 3.05) is 6.54 Å². The molecule has 1 unspecified atom stereocenters. The van der Waals surface area contributed by atoms with Gasteiger partial charge in [0.25, 0.3) is 0 Å². The molecular formula is C5H10N2O3. The zero-order chi connectivity index (χ0) is 8.15. The van der Waals surface area contributed by atoms with Crippen LogP contribution in [0, 0.1) is 5.92 Å². The van der Waals surface area contributed by atoms with Crippen LogP contribution in [-0.2, 0) is 9.53 Å². The van der Waals surface area contributed by atoms with Gasteiger partial charge in [-0.15, -0.1) is 0 Å². The van der Waals surface area contributed by atoms with E-state index in [2.05, 4.69) is 10.5 Å². The van der Waals surface area contributed by atoms with E-state index in [1.165, 1.54) is 0 Å². The Morgan fingerprint density at radius 2 is 2.10 bits per heavy atom. The molecule has 0 spiro atoms. The highest BCUT2D eigenvalue weighted by molar-refractivity contribution is 5.84. The number of ether oxygens (including phenoxy) is 1. The molecule has 0 aromatic rings. The number of esters is 1. The Labute approximate surface area is 58.3 Å². The van der Waals surface area contributed by atoms with E-state index in [4.69, 9.17) is 5.73 Å². The smallest absolute Gasteiger partial charge is 0.376 e. The van der Waals surface area contributed by atoms with Crippen molar-refractivity contribution in [1.29, 1.82) is 0 Å². The second-order valence-electron chi connectivity index (χ2n) is 1.88. The molecule has 0 fully saturated rings. The maximum absolute atomic E-state index is 10.6. The lowest BCUT2D eigenvalue weighted by atomic mass is 10.2. The Morgan fingerprint density at radius 3 is 2.40 bits per heavy atom. The van der Waals surface area contributed by atoms with Crippen molar-refractivity contribution in [2.45, 2.75) is 6.92 Å². The number of hydrogen-bond acceptors (Lipinski definition) is 4. The lowest BCUT2D eigenvalue weighted by Gasteiger charge is -2.03. The van der Waals surface area contributed by atoms with Gasteiger partial charge in [0, 0.05) is 6.54 Å². The van der Waals surface area contributed by atoms with Crippen molar-refractivity contribution in [2.24, 2.45) is 17.4 Å². The topological polar surface area (TPSA) is 95.4 Å². The Balaban J connectivity index is 3.73. The van der Waals surface area contributed by atoms with Gasteiger partial charge in [0.1, 0.15) is 0 Å². The van der Waals surface area contributed by atoms with Crippen molar-refractivity contribution in [3.05, 3.63) is 0 Å². The Hall–Kier alpha value is -1.10. The van der Waals surface area contributed by atoms with Crippen LogP contribution in [0.15, 0.2) is 0 Å². The van der Waals surface area contributed by atoms with E-state index in [0.717, 1.165) is 0 Å². The number of carbonyl (C=O) groups excluding carboxylic acids is 2. The summed E-state index contributed by atoms with van der Waals surface area (Å²) in [7, 11) is 0. The third-order valence-electron chi connectivity index (χ3n) is 0.957.